The number of carbonyl (C=O) groups is 1. The first-order valence-electron chi connectivity index (χ1n) is 5.58. The highest BCUT2D eigenvalue weighted by Gasteiger charge is 2.24. The molecule has 0 aromatic heterocycles. The molecule has 1 atom stereocenters. The van der Waals surface area contributed by atoms with E-state index in [0.29, 0.717) is 17.6 Å². The normalized spacial score (nSPS) is 20.4. The maximum absolute atomic E-state index is 13.8. The van der Waals surface area contributed by atoms with Gasteiger partial charge in [0.25, 0.3) is 5.91 Å². The van der Waals surface area contributed by atoms with Gasteiger partial charge in [-0.3, -0.25) is 4.79 Å². The maximum Gasteiger partial charge on any atom is 0.256 e. The van der Waals surface area contributed by atoms with E-state index in [1.54, 1.807) is 17.0 Å². The van der Waals surface area contributed by atoms with Crippen LogP contribution in [0.2, 0.25) is 0 Å². The zero-order valence-corrected chi connectivity index (χ0v) is 10.9. The lowest BCUT2D eigenvalue weighted by Crippen LogP contribution is -2.45. The summed E-state index contributed by atoms with van der Waals surface area (Å²) in [7, 11) is 0. The Morgan fingerprint density at radius 2 is 2.29 bits per heavy atom. The average Bonchev–Trinajstić information content (AvgIpc) is 2.32. The van der Waals surface area contributed by atoms with Crippen molar-refractivity contribution < 1.29 is 9.18 Å². The molecule has 1 saturated heterocycles. The summed E-state index contributed by atoms with van der Waals surface area (Å²) in [6, 6.07) is 4.74. The number of piperidine rings is 1. The van der Waals surface area contributed by atoms with Gasteiger partial charge in [-0.25, -0.2) is 4.39 Å². The Hall–Kier alpha value is -0.940. The molecule has 92 valence electrons. The molecule has 0 saturated carbocycles. The molecule has 0 radical (unpaired) electrons. The fourth-order valence-corrected chi connectivity index (χ4v) is 2.40. The Kier molecular flexibility index (Phi) is 3.79. The molecule has 3 nitrogen and oxygen atoms in total. The minimum Gasteiger partial charge on any atom is -0.337 e. The van der Waals surface area contributed by atoms with Crippen LogP contribution in [0.5, 0.6) is 0 Å². The smallest absolute Gasteiger partial charge is 0.256 e. The first-order valence-corrected chi connectivity index (χ1v) is 6.37. The maximum atomic E-state index is 13.8. The van der Waals surface area contributed by atoms with Crippen LogP contribution in [0, 0.1) is 5.82 Å². The minimum absolute atomic E-state index is 0.00270. The van der Waals surface area contributed by atoms with Crippen LogP contribution in [0.4, 0.5) is 4.39 Å². The fraction of sp³-hybridized carbons (Fsp3) is 0.417. The Labute approximate surface area is 108 Å². The molecular formula is C12H14BrFN2O. The highest BCUT2D eigenvalue weighted by molar-refractivity contribution is 9.10. The van der Waals surface area contributed by atoms with E-state index in [2.05, 4.69) is 15.9 Å². The number of benzene rings is 1. The van der Waals surface area contributed by atoms with E-state index in [1.165, 1.54) is 6.07 Å². The van der Waals surface area contributed by atoms with Gasteiger partial charge in [0.2, 0.25) is 0 Å². The molecule has 1 aliphatic rings. The van der Waals surface area contributed by atoms with E-state index in [9.17, 15) is 9.18 Å². The van der Waals surface area contributed by atoms with E-state index in [4.69, 9.17) is 5.73 Å². The van der Waals surface area contributed by atoms with Crippen LogP contribution < -0.4 is 5.73 Å². The number of nitrogens with two attached hydrogens (primary N) is 1. The summed E-state index contributed by atoms with van der Waals surface area (Å²) >= 11 is 3.08. The molecule has 1 aromatic rings. The SMILES string of the molecule is NC1CCCN(C(=O)c2cccc(Br)c2F)C1. The number of hydrogen-bond donors (Lipinski definition) is 1. The second-order valence-corrected chi connectivity index (χ2v) is 5.11. The monoisotopic (exact) mass is 300 g/mol. The van der Waals surface area contributed by atoms with Crippen molar-refractivity contribution in [2.45, 2.75) is 18.9 Å². The third-order valence-corrected chi connectivity index (χ3v) is 3.54. The van der Waals surface area contributed by atoms with Gasteiger partial charge in [0.1, 0.15) is 5.82 Å². The molecule has 1 unspecified atom stereocenters. The van der Waals surface area contributed by atoms with Crippen LogP contribution in [-0.2, 0) is 0 Å². The minimum atomic E-state index is -0.503. The molecule has 1 aromatic carbocycles. The highest BCUT2D eigenvalue weighted by atomic mass is 79.9. The number of likely N-dealkylation sites (tertiary alicyclic amines) is 1. The molecule has 1 heterocycles. The van der Waals surface area contributed by atoms with Gasteiger partial charge in [0, 0.05) is 19.1 Å². The van der Waals surface area contributed by atoms with Crippen molar-refractivity contribution in [2.75, 3.05) is 13.1 Å². The third-order valence-electron chi connectivity index (χ3n) is 2.93. The highest BCUT2D eigenvalue weighted by Crippen LogP contribution is 2.21. The molecule has 17 heavy (non-hydrogen) atoms. The molecule has 2 rings (SSSR count). The van der Waals surface area contributed by atoms with Gasteiger partial charge in [-0.15, -0.1) is 0 Å². The van der Waals surface area contributed by atoms with E-state index in [-0.39, 0.29) is 17.5 Å². The molecule has 0 spiro atoms. The predicted molar refractivity (Wildman–Crippen MR) is 67.2 cm³/mol. The zero-order valence-electron chi connectivity index (χ0n) is 9.33. The third kappa shape index (κ3) is 2.66. The quantitative estimate of drug-likeness (QED) is 0.864. The molecule has 0 aliphatic carbocycles. The average molecular weight is 301 g/mol. The van der Waals surface area contributed by atoms with Gasteiger partial charge >= 0.3 is 0 Å². The zero-order chi connectivity index (χ0) is 12.4. The fourth-order valence-electron chi connectivity index (χ4n) is 2.03. The summed E-state index contributed by atoms with van der Waals surface area (Å²) < 4.78 is 14.1. The van der Waals surface area contributed by atoms with Gasteiger partial charge in [-0.2, -0.15) is 0 Å². The van der Waals surface area contributed by atoms with Crippen LogP contribution in [-0.4, -0.2) is 29.9 Å². The van der Waals surface area contributed by atoms with Crippen molar-refractivity contribution in [1.82, 2.24) is 4.90 Å². The molecule has 1 fully saturated rings. The van der Waals surface area contributed by atoms with Crippen LogP contribution >= 0.6 is 15.9 Å². The van der Waals surface area contributed by atoms with Gasteiger partial charge < -0.3 is 10.6 Å². The van der Waals surface area contributed by atoms with Gasteiger partial charge in [0.15, 0.2) is 0 Å². The number of hydrogen-bond acceptors (Lipinski definition) is 2. The van der Waals surface area contributed by atoms with Crippen molar-refractivity contribution in [2.24, 2.45) is 5.73 Å². The number of halogens is 2. The van der Waals surface area contributed by atoms with E-state index in [1.807, 2.05) is 0 Å². The molecule has 2 N–H and O–H groups in total. The first-order chi connectivity index (χ1) is 8.09. The second kappa shape index (κ2) is 5.14. The Morgan fingerprint density at radius 1 is 1.53 bits per heavy atom. The van der Waals surface area contributed by atoms with E-state index < -0.39 is 5.82 Å². The van der Waals surface area contributed by atoms with Crippen LogP contribution in [0.1, 0.15) is 23.2 Å². The number of carbonyl (C=O) groups excluding carboxylic acids is 1. The van der Waals surface area contributed by atoms with Crippen LogP contribution in [0.3, 0.4) is 0 Å². The van der Waals surface area contributed by atoms with Crippen molar-refractivity contribution in [1.29, 1.82) is 0 Å². The van der Waals surface area contributed by atoms with Crippen molar-refractivity contribution in [3.8, 4) is 0 Å². The van der Waals surface area contributed by atoms with Gasteiger partial charge in [0.05, 0.1) is 10.0 Å². The molecule has 1 amide bonds. The van der Waals surface area contributed by atoms with Gasteiger partial charge in [-0.05, 0) is 40.9 Å². The Bertz CT molecular complexity index is 439. The summed E-state index contributed by atoms with van der Waals surface area (Å²) in [5, 5.41) is 0. The second-order valence-electron chi connectivity index (χ2n) is 4.25. The number of rotatable bonds is 1. The Balaban J connectivity index is 2.22. The molecule has 0 bridgehead atoms. The van der Waals surface area contributed by atoms with E-state index >= 15 is 0 Å². The lowest BCUT2D eigenvalue weighted by Gasteiger charge is -2.30. The van der Waals surface area contributed by atoms with Crippen molar-refractivity contribution >= 4 is 21.8 Å². The molecular weight excluding hydrogens is 287 g/mol. The first kappa shape index (κ1) is 12.5. The van der Waals surface area contributed by atoms with Crippen molar-refractivity contribution in [3.05, 3.63) is 34.1 Å². The summed E-state index contributed by atoms with van der Waals surface area (Å²) in [6.45, 7) is 1.16. The number of amides is 1. The largest absolute Gasteiger partial charge is 0.337 e. The summed E-state index contributed by atoms with van der Waals surface area (Å²) in [5.74, 6) is -0.782. The molecule has 1 aliphatic heterocycles. The van der Waals surface area contributed by atoms with Crippen LogP contribution in [0.25, 0.3) is 0 Å². The van der Waals surface area contributed by atoms with Crippen LogP contribution in [0.15, 0.2) is 22.7 Å². The van der Waals surface area contributed by atoms with Gasteiger partial charge in [-0.1, -0.05) is 6.07 Å². The summed E-state index contributed by atoms with van der Waals surface area (Å²) in [4.78, 5) is 13.8. The lowest BCUT2D eigenvalue weighted by atomic mass is 10.1. The predicted octanol–water partition coefficient (Wildman–Crippen LogP) is 2.15. The standard InChI is InChI=1S/C12H14BrFN2O/c13-10-5-1-4-9(11(10)14)12(17)16-6-2-3-8(15)7-16/h1,4-5,8H,2-3,6-7,15H2. The Morgan fingerprint density at radius 3 is 3.00 bits per heavy atom. The summed E-state index contributed by atoms with van der Waals surface area (Å²) in [5.41, 5.74) is 5.92. The number of nitrogens with zero attached hydrogens (tertiary/aromatic N) is 1. The van der Waals surface area contributed by atoms with Crippen molar-refractivity contribution in [3.63, 3.8) is 0 Å². The topological polar surface area (TPSA) is 46.3 Å². The lowest BCUT2D eigenvalue weighted by molar-refractivity contribution is 0.0704. The van der Waals surface area contributed by atoms with E-state index in [0.717, 1.165) is 12.8 Å². The molecule has 5 heteroatoms. The summed E-state index contributed by atoms with van der Waals surface area (Å²) in [6.07, 6.45) is 1.80.